The maximum atomic E-state index is 12.1. The SMILES string of the molecule is CNc1ccc([N+](=O)[O-])cc1C(=O)Nc1nc(C)ns1. The second-order valence-electron chi connectivity index (χ2n) is 3.84. The molecule has 0 fully saturated rings. The normalized spacial score (nSPS) is 10.1. The molecule has 104 valence electrons. The molecule has 9 heteroatoms. The van der Waals surface area contributed by atoms with E-state index in [-0.39, 0.29) is 11.3 Å². The number of carbonyl (C=O) groups is 1. The largest absolute Gasteiger partial charge is 0.387 e. The Hall–Kier alpha value is -2.55. The van der Waals surface area contributed by atoms with Crippen LogP contribution in [-0.2, 0) is 0 Å². The molecule has 20 heavy (non-hydrogen) atoms. The van der Waals surface area contributed by atoms with E-state index < -0.39 is 10.8 Å². The van der Waals surface area contributed by atoms with E-state index in [1.54, 1.807) is 14.0 Å². The van der Waals surface area contributed by atoms with Gasteiger partial charge in [-0.3, -0.25) is 20.2 Å². The van der Waals surface area contributed by atoms with E-state index in [9.17, 15) is 14.9 Å². The van der Waals surface area contributed by atoms with Crippen LogP contribution in [0.4, 0.5) is 16.5 Å². The number of nitro groups is 1. The smallest absolute Gasteiger partial charge is 0.270 e. The summed E-state index contributed by atoms with van der Waals surface area (Å²) in [4.78, 5) is 26.4. The second-order valence-corrected chi connectivity index (χ2v) is 4.59. The minimum absolute atomic E-state index is 0.150. The van der Waals surface area contributed by atoms with Crippen LogP contribution in [0.5, 0.6) is 0 Å². The zero-order valence-electron chi connectivity index (χ0n) is 10.7. The molecule has 2 rings (SSSR count). The van der Waals surface area contributed by atoms with Gasteiger partial charge in [-0.25, -0.2) is 4.98 Å². The van der Waals surface area contributed by atoms with Gasteiger partial charge in [0, 0.05) is 36.4 Å². The number of anilines is 2. The second kappa shape index (κ2) is 5.61. The Balaban J connectivity index is 2.32. The molecule has 0 unspecified atom stereocenters. The summed E-state index contributed by atoms with van der Waals surface area (Å²) < 4.78 is 3.94. The van der Waals surface area contributed by atoms with Crippen molar-refractivity contribution in [1.29, 1.82) is 0 Å². The molecule has 0 saturated heterocycles. The highest BCUT2D eigenvalue weighted by atomic mass is 32.1. The van der Waals surface area contributed by atoms with Crippen molar-refractivity contribution < 1.29 is 9.72 Å². The lowest BCUT2D eigenvalue weighted by Crippen LogP contribution is -2.14. The highest BCUT2D eigenvalue weighted by molar-refractivity contribution is 7.09. The lowest BCUT2D eigenvalue weighted by molar-refractivity contribution is -0.384. The number of benzene rings is 1. The third kappa shape index (κ3) is 2.88. The number of aromatic nitrogens is 2. The zero-order valence-corrected chi connectivity index (χ0v) is 11.5. The van der Waals surface area contributed by atoms with Crippen LogP contribution >= 0.6 is 11.5 Å². The van der Waals surface area contributed by atoms with Crippen molar-refractivity contribution in [1.82, 2.24) is 9.36 Å². The van der Waals surface area contributed by atoms with Gasteiger partial charge < -0.3 is 5.32 Å². The molecule has 1 aromatic carbocycles. The van der Waals surface area contributed by atoms with Crippen LogP contribution in [0.15, 0.2) is 18.2 Å². The van der Waals surface area contributed by atoms with E-state index >= 15 is 0 Å². The summed E-state index contributed by atoms with van der Waals surface area (Å²) in [6.45, 7) is 1.71. The maximum absolute atomic E-state index is 12.1. The van der Waals surface area contributed by atoms with Gasteiger partial charge in [0.15, 0.2) is 0 Å². The van der Waals surface area contributed by atoms with Crippen LogP contribution < -0.4 is 10.6 Å². The quantitative estimate of drug-likeness (QED) is 0.659. The fourth-order valence-electron chi connectivity index (χ4n) is 1.56. The minimum Gasteiger partial charge on any atom is -0.387 e. The van der Waals surface area contributed by atoms with E-state index in [2.05, 4.69) is 20.0 Å². The van der Waals surface area contributed by atoms with Gasteiger partial charge >= 0.3 is 0 Å². The van der Waals surface area contributed by atoms with Crippen molar-refractivity contribution in [2.75, 3.05) is 17.7 Å². The Morgan fingerprint density at radius 1 is 1.45 bits per heavy atom. The molecule has 1 aromatic heterocycles. The Labute approximate surface area is 118 Å². The Morgan fingerprint density at radius 3 is 2.75 bits per heavy atom. The van der Waals surface area contributed by atoms with E-state index in [1.165, 1.54) is 18.2 Å². The van der Waals surface area contributed by atoms with Gasteiger partial charge in [0.05, 0.1) is 10.5 Å². The fraction of sp³-hybridized carbons (Fsp3) is 0.182. The molecule has 0 radical (unpaired) electrons. The van der Waals surface area contributed by atoms with Crippen molar-refractivity contribution in [3.05, 3.63) is 39.7 Å². The summed E-state index contributed by atoms with van der Waals surface area (Å²) >= 11 is 1.05. The number of nitrogens with one attached hydrogen (secondary N) is 2. The van der Waals surface area contributed by atoms with Crippen LogP contribution in [-0.4, -0.2) is 27.2 Å². The Bertz CT molecular complexity index is 670. The van der Waals surface area contributed by atoms with Gasteiger partial charge in [0.25, 0.3) is 11.6 Å². The average Bonchev–Trinajstić information content (AvgIpc) is 2.83. The lowest BCUT2D eigenvalue weighted by atomic mass is 10.1. The molecule has 0 spiro atoms. The Morgan fingerprint density at radius 2 is 2.20 bits per heavy atom. The van der Waals surface area contributed by atoms with Crippen molar-refractivity contribution in [2.24, 2.45) is 0 Å². The number of hydrogen-bond donors (Lipinski definition) is 2. The van der Waals surface area contributed by atoms with Crippen LogP contribution in [0.25, 0.3) is 0 Å². The number of carbonyl (C=O) groups excluding carboxylic acids is 1. The van der Waals surface area contributed by atoms with E-state index in [0.717, 1.165) is 11.5 Å². The van der Waals surface area contributed by atoms with Crippen molar-refractivity contribution in [2.45, 2.75) is 6.92 Å². The molecular formula is C11H11N5O3S. The Kier molecular flexibility index (Phi) is 3.89. The molecule has 0 aliphatic carbocycles. The van der Waals surface area contributed by atoms with Gasteiger partial charge in [-0.2, -0.15) is 4.37 Å². The number of nitro benzene ring substituents is 1. The van der Waals surface area contributed by atoms with Gasteiger partial charge in [-0.1, -0.05) is 0 Å². The van der Waals surface area contributed by atoms with Gasteiger partial charge in [0.1, 0.15) is 5.82 Å². The molecule has 0 bridgehead atoms. The molecule has 0 aliphatic heterocycles. The number of rotatable bonds is 4. The fourth-order valence-corrected chi connectivity index (χ4v) is 2.13. The highest BCUT2D eigenvalue weighted by Gasteiger charge is 2.17. The minimum atomic E-state index is -0.550. The molecular weight excluding hydrogens is 282 g/mol. The topological polar surface area (TPSA) is 110 Å². The predicted octanol–water partition coefficient (Wildman–Crippen LogP) is 2.05. The summed E-state index contributed by atoms with van der Waals surface area (Å²) in [6, 6.07) is 4.03. The molecule has 1 amide bonds. The molecule has 1 heterocycles. The van der Waals surface area contributed by atoms with E-state index in [4.69, 9.17) is 0 Å². The van der Waals surface area contributed by atoms with E-state index in [1.807, 2.05) is 0 Å². The molecule has 0 saturated carbocycles. The van der Waals surface area contributed by atoms with Gasteiger partial charge in [-0.05, 0) is 13.0 Å². The first-order valence-electron chi connectivity index (χ1n) is 5.59. The summed E-state index contributed by atoms with van der Waals surface area (Å²) in [7, 11) is 1.63. The molecule has 0 atom stereocenters. The van der Waals surface area contributed by atoms with Crippen molar-refractivity contribution in [3.63, 3.8) is 0 Å². The standard InChI is InChI=1S/C11H11N5O3S/c1-6-13-11(20-15-6)14-10(17)8-5-7(16(18)19)3-4-9(8)12-2/h3-5,12H,1-2H3,(H,13,14,15,17). The number of aryl methyl sites for hydroxylation is 1. The molecule has 8 nitrogen and oxygen atoms in total. The first-order valence-corrected chi connectivity index (χ1v) is 6.36. The lowest BCUT2D eigenvalue weighted by Gasteiger charge is -2.07. The summed E-state index contributed by atoms with van der Waals surface area (Å²) in [5.74, 6) is 0.0763. The predicted molar refractivity (Wildman–Crippen MR) is 75.2 cm³/mol. The van der Waals surface area contributed by atoms with Crippen LogP contribution in [0.3, 0.4) is 0 Å². The average molecular weight is 293 g/mol. The molecule has 2 N–H and O–H groups in total. The maximum Gasteiger partial charge on any atom is 0.270 e. The summed E-state index contributed by atoms with van der Waals surface area (Å²) in [6.07, 6.45) is 0. The number of hydrogen-bond acceptors (Lipinski definition) is 7. The molecule has 2 aromatic rings. The van der Waals surface area contributed by atoms with E-state index in [0.29, 0.717) is 16.6 Å². The number of non-ortho nitro benzene ring substituents is 1. The summed E-state index contributed by atoms with van der Waals surface area (Å²) in [5, 5.41) is 16.5. The highest BCUT2D eigenvalue weighted by Crippen LogP contribution is 2.23. The van der Waals surface area contributed by atoms with Crippen LogP contribution in [0, 0.1) is 17.0 Å². The van der Waals surface area contributed by atoms with Gasteiger partial charge in [-0.15, -0.1) is 0 Å². The summed E-state index contributed by atoms with van der Waals surface area (Å²) in [5.41, 5.74) is 0.520. The van der Waals surface area contributed by atoms with Crippen LogP contribution in [0.2, 0.25) is 0 Å². The van der Waals surface area contributed by atoms with Crippen molar-refractivity contribution >= 4 is 33.9 Å². The van der Waals surface area contributed by atoms with Crippen LogP contribution in [0.1, 0.15) is 16.2 Å². The van der Waals surface area contributed by atoms with Crippen molar-refractivity contribution in [3.8, 4) is 0 Å². The monoisotopic (exact) mass is 293 g/mol. The zero-order chi connectivity index (χ0) is 14.7. The molecule has 0 aliphatic rings. The first-order chi connectivity index (χ1) is 9.51. The number of nitrogens with zero attached hydrogens (tertiary/aromatic N) is 3. The number of amides is 1. The third-order valence-electron chi connectivity index (χ3n) is 2.48. The van der Waals surface area contributed by atoms with Gasteiger partial charge in [0.2, 0.25) is 5.13 Å². The third-order valence-corrected chi connectivity index (χ3v) is 3.20. The first kappa shape index (κ1) is 13.9.